The van der Waals surface area contributed by atoms with E-state index in [1.54, 1.807) is 16.8 Å². The Morgan fingerprint density at radius 3 is 2.80 bits per heavy atom. The van der Waals surface area contributed by atoms with E-state index < -0.39 is 0 Å². The lowest BCUT2D eigenvalue weighted by Gasteiger charge is -2.11. The van der Waals surface area contributed by atoms with Crippen LogP contribution in [-0.2, 0) is 6.54 Å². The summed E-state index contributed by atoms with van der Waals surface area (Å²) in [6.45, 7) is 7.20. The summed E-state index contributed by atoms with van der Waals surface area (Å²) in [6, 6.07) is 5.45. The van der Waals surface area contributed by atoms with Gasteiger partial charge in [-0.3, -0.25) is 9.36 Å². The van der Waals surface area contributed by atoms with Crippen molar-refractivity contribution in [3.05, 3.63) is 51.8 Å². The molecule has 5 heteroatoms. The molecule has 5 nitrogen and oxygen atoms in total. The number of nitrogens with zero attached hydrogens (tertiary/aromatic N) is 3. The number of pyridine rings is 1. The van der Waals surface area contributed by atoms with Crippen molar-refractivity contribution in [3.63, 3.8) is 0 Å². The van der Waals surface area contributed by atoms with E-state index >= 15 is 0 Å². The van der Waals surface area contributed by atoms with Crippen molar-refractivity contribution in [1.82, 2.24) is 14.5 Å². The normalized spacial score (nSPS) is 10.6. The third-order valence-electron chi connectivity index (χ3n) is 3.05. The van der Waals surface area contributed by atoms with Crippen molar-refractivity contribution in [1.29, 1.82) is 0 Å². The van der Waals surface area contributed by atoms with Crippen LogP contribution in [0.3, 0.4) is 0 Å². The van der Waals surface area contributed by atoms with Crippen LogP contribution in [0.15, 0.2) is 29.2 Å². The van der Waals surface area contributed by atoms with E-state index in [9.17, 15) is 4.79 Å². The van der Waals surface area contributed by atoms with Gasteiger partial charge in [0.15, 0.2) is 0 Å². The van der Waals surface area contributed by atoms with E-state index in [1.807, 2.05) is 26.0 Å². The van der Waals surface area contributed by atoms with Crippen molar-refractivity contribution in [2.24, 2.45) is 0 Å². The van der Waals surface area contributed by atoms with E-state index in [0.717, 1.165) is 35.9 Å². The van der Waals surface area contributed by atoms with Crippen LogP contribution < -0.4 is 10.9 Å². The Bertz CT molecular complexity index is 649. The Kier molecular flexibility index (Phi) is 4.50. The molecule has 0 radical (unpaired) electrons. The topological polar surface area (TPSA) is 59.8 Å². The quantitative estimate of drug-likeness (QED) is 0.905. The zero-order valence-electron chi connectivity index (χ0n) is 12.2. The fourth-order valence-corrected chi connectivity index (χ4v) is 2.06. The lowest BCUT2D eigenvalue weighted by Crippen LogP contribution is -2.24. The molecule has 20 heavy (non-hydrogen) atoms. The molecule has 0 amide bonds. The van der Waals surface area contributed by atoms with E-state index in [1.165, 1.54) is 0 Å². The second-order valence-electron chi connectivity index (χ2n) is 4.85. The van der Waals surface area contributed by atoms with Crippen LogP contribution in [0.25, 0.3) is 0 Å². The van der Waals surface area contributed by atoms with Crippen molar-refractivity contribution < 1.29 is 0 Å². The largest absolute Gasteiger partial charge is 0.370 e. The molecule has 2 rings (SSSR count). The molecule has 0 unspecified atom stereocenters. The molecular weight excluding hydrogens is 252 g/mol. The van der Waals surface area contributed by atoms with Crippen molar-refractivity contribution in [2.45, 2.75) is 33.7 Å². The average molecular weight is 272 g/mol. The molecule has 0 atom stereocenters. The van der Waals surface area contributed by atoms with Gasteiger partial charge >= 0.3 is 0 Å². The van der Waals surface area contributed by atoms with Crippen LogP contribution in [0.2, 0.25) is 0 Å². The molecule has 1 N–H and O–H groups in total. The van der Waals surface area contributed by atoms with Crippen molar-refractivity contribution in [3.8, 4) is 0 Å². The molecule has 0 aliphatic heterocycles. The Morgan fingerprint density at radius 2 is 2.10 bits per heavy atom. The van der Waals surface area contributed by atoms with Crippen LogP contribution in [0.5, 0.6) is 0 Å². The maximum atomic E-state index is 12.0. The molecule has 0 fully saturated rings. The van der Waals surface area contributed by atoms with E-state index in [-0.39, 0.29) is 5.56 Å². The Morgan fingerprint density at radius 1 is 1.30 bits per heavy atom. The molecule has 0 aromatic carbocycles. The molecule has 0 aliphatic carbocycles. The van der Waals surface area contributed by atoms with Gasteiger partial charge < -0.3 is 5.32 Å². The minimum absolute atomic E-state index is 0.0186. The number of hydrogen-bond acceptors (Lipinski definition) is 4. The van der Waals surface area contributed by atoms with E-state index in [4.69, 9.17) is 0 Å². The highest BCUT2D eigenvalue weighted by molar-refractivity contribution is 5.37. The first kappa shape index (κ1) is 14.2. The number of aromatic nitrogens is 3. The molecule has 106 valence electrons. The highest BCUT2D eigenvalue weighted by Gasteiger charge is 2.05. The van der Waals surface area contributed by atoms with Crippen LogP contribution >= 0.6 is 0 Å². The Hall–Kier alpha value is -2.17. The second kappa shape index (κ2) is 6.32. The number of hydrogen-bond donors (Lipinski definition) is 1. The van der Waals surface area contributed by atoms with E-state index in [0.29, 0.717) is 6.54 Å². The lowest BCUT2D eigenvalue weighted by molar-refractivity contribution is 0.693. The smallest absolute Gasteiger partial charge is 0.254 e. The van der Waals surface area contributed by atoms with Crippen LogP contribution in [0.4, 0.5) is 5.82 Å². The molecule has 0 saturated heterocycles. The van der Waals surface area contributed by atoms with Crippen LogP contribution in [0.1, 0.15) is 30.4 Å². The molecular formula is C15H20N4O. The first-order valence-corrected chi connectivity index (χ1v) is 6.84. The summed E-state index contributed by atoms with van der Waals surface area (Å²) < 4.78 is 1.67. The van der Waals surface area contributed by atoms with Gasteiger partial charge in [-0.2, -0.15) is 0 Å². The first-order chi connectivity index (χ1) is 9.60. The van der Waals surface area contributed by atoms with Gasteiger partial charge in [0.05, 0.1) is 6.54 Å². The second-order valence-corrected chi connectivity index (χ2v) is 4.85. The predicted octanol–water partition coefficient (Wildman–Crippen LogP) is 2.13. The molecule has 0 aliphatic rings. The fourth-order valence-electron chi connectivity index (χ4n) is 2.06. The zero-order valence-corrected chi connectivity index (χ0v) is 12.2. The standard InChI is InChI=1S/C15H20N4O/c1-4-6-16-14-9-13(5-7-17-14)10-19-12(3)18-11(2)8-15(19)20/h5,7-9H,4,6,10H2,1-3H3,(H,16,17). The van der Waals surface area contributed by atoms with Gasteiger partial charge in [-0.15, -0.1) is 0 Å². The van der Waals surface area contributed by atoms with Gasteiger partial charge in [0.25, 0.3) is 5.56 Å². The highest BCUT2D eigenvalue weighted by atomic mass is 16.1. The Labute approximate surface area is 118 Å². The summed E-state index contributed by atoms with van der Waals surface area (Å²) in [4.78, 5) is 20.6. The number of anilines is 1. The summed E-state index contributed by atoms with van der Waals surface area (Å²) in [5.74, 6) is 1.57. The van der Waals surface area contributed by atoms with Gasteiger partial charge in [0.1, 0.15) is 11.6 Å². The minimum Gasteiger partial charge on any atom is -0.370 e. The maximum absolute atomic E-state index is 12.0. The number of aryl methyl sites for hydroxylation is 2. The van der Waals surface area contributed by atoms with Gasteiger partial charge in [-0.25, -0.2) is 9.97 Å². The summed E-state index contributed by atoms with van der Waals surface area (Å²) in [7, 11) is 0. The monoisotopic (exact) mass is 272 g/mol. The first-order valence-electron chi connectivity index (χ1n) is 6.84. The SMILES string of the molecule is CCCNc1cc(Cn2c(C)nc(C)cc2=O)ccn1. The van der Waals surface area contributed by atoms with Crippen LogP contribution in [0, 0.1) is 13.8 Å². The molecule has 2 heterocycles. The van der Waals surface area contributed by atoms with Crippen molar-refractivity contribution >= 4 is 5.82 Å². The van der Waals surface area contributed by atoms with Gasteiger partial charge in [-0.1, -0.05) is 6.92 Å². The molecule has 2 aromatic rings. The van der Waals surface area contributed by atoms with Gasteiger partial charge in [0.2, 0.25) is 0 Å². The number of rotatable bonds is 5. The Balaban J connectivity index is 2.24. The third kappa shape index (κ3) is 3.44. The number of nitrogens with one attached hydrogen (secondary N) is 1. The summed E-state index contributed by atoms with van der Waals surface area (Å²) in [6.07, 6.45) is 2.81. The average Bonchev–Trinajstić information content (AvgIpc) is 2.41. The fraction of sp³-hybridized carbons (Fsp3) is 0.400. The zero-order chi connectivity index (χ0) is 14.5. The predicted molar refractivity (Wildman–Crippen MR) is 80.1 cm³/mol. The lowest BCUT2D eigenvalue weighted by atomic mass is 10.2. The van der Waals surface area contributed by atoms with Crippen LogP contribution in [-0.4, -0.2) is 21.1 Å². The third-order valence-corrected chi connectivity index (χ3v) is 3.05. The minimum atomic E-state index is -0.0186. The summed E-state index contributed by atoms with van der Waals surface area (Å²) in [5.41, 5.74) is 1.77. The van der Waals surface area contributed by atoms with Gasteiger partial charge in [0, 0.05) is 24.5 Å². The molecule has 0 bridgehead atoms. The van der Waals surface area contributed by atoms with Crippen molar-refractivity contribution in [2.75, 3.05) is 11.9 Å². The molecule has 0 saturated carbocycles. The van der Waals surface area contributed by atoms with E-state index in [2.05, 4.69) is 22.2 Å². The molecule has 0 spiro atoms. The summed E-state index contributed by atoms with van der Waals surface area (Å²) in [5, 5.41) is 3.24. The highest BCUT2D eigenvalue weighted by Crippen LogP contribution is 2.08. The molecule has 2 aromatic heterocycles. The maximum Gasteiger partial charge on any atom is 0.254 e. The van der Waals surface area contributed by atoms with Gasteiger partial charge in [-0.05, 0) is 38.0 Å². The summed E-state index contributed by atoms with van der Waals surface area (Å²) >= 11 is 0.